The van der Waals surface area contributed by atoms with E-state index in [0.717, 1.165) is 41.0 Å². The van der Waals surface area contributed by atoms with E-state index in [1.165, 1.54) is 0 Å². The number of imidazole rings is 1. The fourth-order valence-corrected chi connectivity index (χ4v) is 4.63. The van der Waals surface area contributed by atoms with Gasteiger partial charge in [0.15, 0.2) is 0 Å². The maximum atomic E-state index is 10.9. The minimum Gasteiger partial charge on any atom is -0.384 e. The number of nitriles is 1. The van der Waals surface area contributed by atoms with Gasteiger partial charge in [-0.3, -0.25) is 4.40 Å². The van der Waals surface area contributed by atoms with Crippen LogP contribution in [0.25, 0.3) is 17.0 Å². The minimum absolute atomic E-state index is 0.0693. The molecule has 0 bridgehead atoms. The van der Waals surface area contributed by atoms with Crippen molar-refractivity contribution in [1.29, 1.82) is 5.26 Å². The Kier molecular flexibility index (Phi) is 5.52. The topological polar surface area (TPSA) is 102 Å². The largest absolute Gasteiger partial charge is 0.384 e. The monoisotopic (exact) mass is 453 g/mol. The number of aryl methyl sites for hydroxylation is 1. The molecule has 1 aliphatic heterocycles. The third-order valence-electron chi connectivity index (χ3n) is 6.61. The van der Waals surface area contributed by atoms with E-state index in [1.54, 1.807) is 12.4 Å². The summed E-state index contributed by atoms with van der Waals surface area (Å²) in [6.45, 7) is 5.57. The Hall–Kier alpha value is -3.80. The lowest BCUT2D eigenvalue weighted by Crippen LogP contribution is -2.29. The SMILES string of the molecule is Cc1cccn2c(-c3nc(N[C@@H](C)c4ccc(C5(O)CCN(C)C5)cc4)ncc3C#N)cnc12. The summed E-state index contributed by atoms with van der Waals surface area (Å²) in [5, 5.41) is 23.9. The highest BCUT2D eigenvalue weighted by atomic mass is 16.3. The van der Waals surface area contributed by atoms with Gasteiger partial charge in [-0.15, -0.1) is 0 Å². The average molecular weight is 454 g/mol. The van der Waals surface area contributed by atoms with Crippen LogP contribution in [0.3, 0.4) is 0 Å². The number of hydrogen-bond donors (Lipinski definition) is 2. The van der Waals surface area contributed by atoms with Gasteiger partial charge in [-0.2, -0.15) is 5.26 Å². The zero-order valence-electron chi connectivity index (χ0n) is 19.5. The number of nitrogens with one attached hydrogen (secondary N) is 1. The molecule has 1 fully saturated rings. The van der Waals surface area contributed by atoms with Crippen molar-refractivity contribution in [1.82, 2.24) is 24.3 Å². The molecule has 2 N–H and O–H groups in total. The van der Waals surface area contributed by atoms with Gasteiger partial charge in [-0.05, 0) is 50.1 Å². The summed E-state index contributed by atoms with van der Waals surface area (Å²) in [5.41, 5.74) is 4.75. The van der Waals surface area contributed by atoms with Crippen LogP contribution in [-0.4, -0.2) is 49.5 Å². The molecule has 1 aromatic carbocycles. The lowest BCUT2D eigenvalue weighted by Gasteiger charge is -2.24. The molecule has 0 aliphatic carbocycles. The molecule has 172 valence electrons. The number of benzene rings is 1. The lowest BCUT2D eigenvalue weighted by atomic mass is 9.91. The number of β-amino-alcohol motifs (C(OH)–C–C–N with tert-alkyl or cyclic N) is 1. The summed E-state index contributed by atoms with van der Waals surface area (Å²) in [7, 11) is 2.03. The third kappa shape index (κ3) is 3.89. The first kappa shape index (κ1) is 22.0. The Bertz CT molecular complexity index is 1390. The van der Waals surface area contributed by atoms with Crippen LogP contribution in [0.5, 0.6) is 0 Å². The molecule has 8 heteroatoms. The Morgan fingerprint density at radius 3 is 2.68 bits per heavy atom. The van der Waals surface area contributed by atoms with E-state index in [2.05, 4.69) is 31.2 Å². The molecule has 0 spiro atoms. The standard InChI is InChI=1S/C26H27N7O/c1-17-5-4-11-33-22(15-28-24(17)33)23-20(13-27)14-29-25(31-23)30-18(2)19-6-8-21(9-7-19)26(34)10-12-32(3)16-26/h4-9,11,14-15,18,34H,10,12,16H2,1-3H3,(H,29,30,31)/t18-,26?/m0/s1. The maximum absolute atomic E-state index is 10.9. The number of aromatic nitrogens is 4. The van der Waals surface area contributed by atoms with Crippen molar-refractivity contribution in [2.45, 2.75) is 31.9 Å². The van der Waals surface area contributed by atoms with E-state index in [4.69, 9.17) is 0 Å². The van der Waals surface area contributed by atoms with Crippen molar-refractivity contribution in [2.75, 3.05) is 25.5 Å². The first-order chi connectivity index (χ1) is 16.4. The van der Waals surface area contributed by atoms with E-state index in [0.29, 0.717) is 23.8 Å². The van der Waals surface area contributed by atoms with E-state index in [-0.39, 0.29) is 6.04 Å². The highest BCUT2D eigenvalue weighted by Gasteiger charge is 2.35. The van der Waals surface area contributed by atoms with Crippen molar-refractivity contribution >= 4 is 11.6 Å². The smallest absolute Gasteiger partial charge is 0.223 e. The first-order valence-corrected chi connectivity index (χ1v) is 11.4. The van der Waals surface area contributed by atoms with Crippen LogP contribution in [0.4, 0.5) is 5.95 Å². The molecule has 1 unspecified atom stereocenters. The molecule has 8 nitrogen and oxygen atoms in total. The molecule has 0 saturated carbocycles. The number of nitrogens with zero attached hydrogens (tertiary/aromatic N) is 6. The van der Waals surface area contributed by atoms with E-state index in [1.807, 2.05) is 67.9 Å². The summed E-state index contributed by atoms with van der Waals surface area (Å²) in [6.07, 6.45) is 5.94. The van der Waals surface area contributed by atoms with Gasteiger partial charge in [0.25, 0.3) is 0 Å². The lowest BCUT2D eigenvalue weighted by molar-refractivity contribution is 0.0489. The van der Waals surface area contributed by atoms with Gasteiger partial charge >= 0.3 is 0 Å². The molecule has 0 radical (unpaired) electrons. The minimum atomic E-state index is -0.790. The Morgan fingerprint density at radius 2 is 1.97 bits per heavy atom. The van der Waals surface area contributed by atoms with Crippen LogP contribution in [0, 0.1) is 18.3 Å². The van der Waals surface area contributed by atoms with E-state index < -0.39 is 5.60 Å². The highest BCUT2D eigenvalue weighted by Crippen LogP contribution is 2.32. The molecule has 3 aromatic heterocycles. The maximum Gasteiger partial charge on any atom is 0.223 e. The molecule has 4 aromatic rings. The van der Waals surface area contributed by atoms with Crippen LogP contribution >= 0.6 is 0 Å². The molecule has 5 rings (SSSR count). The van der Waals surface area contributed by atoms with Crippen molar-refractivity contribution < 1.29 is 5.11 Å². The number of rotatable bonds is 5. The van der Waals surface area contributed by atoms with Crippen LogP contribution in [0.2, 0.25) is 0 Å². The van der Waals surface area contributed by atoms with Crippen LogP contribution < -0.4 is 5.32 Å². The number of hydrogen-bond acceptors (Lipinski definition) is 7. The summed E-state index contributed by atoms with van der Waals surface area (Å²) in [6, 6.07) is 14.1. The number of likely N-dealkylation sites (N-methyl/N-ethyl adjacent to an activating group) is 1. The van der Waals surface area contributed by atoms with E-state index in [9.17, 15) is 10.4 Å². The highest BCUT2D eigenvalue weighted by molar-refractivity contribution is 5.68. The van der Waals surface area contributed by atoms with Gasteiger partial charge in [0.05, 0.1) is 29.7 Å². The Balaban J connectivity index is 1.41. The molecule has 2 atom stereocenters. The second kappa shape index (κ2) is 8.52. The number of fused-ring (bicyclic) bond motifs is 1. The van der Waals surface area contributed by atoms with Gasteiger partial charge in [0.1, 0.15) is 23.0 Å². The van der Waals surface area contributed by atoms with Crippen molar-refractivity contribution in [2.24, 2.45) is 0 Å². The Morgan fingerprint density at radius 1 is 1.18 bits per heavy atom. The second-order valence-electron chi connectivity index (χ2n) is 9.10. The van der Waals surface area contributed by atoms with Crippen molar-refractivity contribution in [3.05, 3.63) is 77.2 Å². The zero-order chi connectivity index (χ0) is 23.9. The zero-order valence-corrected chi connectivity index (χ0v) is 19.5. The van der Waals surface area contributed by atoms with Crippen molar-refractivity contribution in [3.8, 4) is 17.5 Å². The molecule has 4 heterocycles. The second-order valence-corrected chi connectivity index (χ2v) is 9.10. The number of anilines is 1. The van der Waals surface area contributed by atoms with Gasteiger partial charge in [-0.1, -0.05) is 30.3 Å². The van der Waals surface area contributed by atoms with Crippen LogP contribution in [0.1, 0.15) is 41.6 Å². The fourth-order valence-electron chi connectivity index (χ4n) is 4.63. The van der Waals surface area contributed by atoms with Crippen LogP contribution in [0.15, 0.2) is 55.0 Å². The summed E-state index contributed by atoms with van der Waals surface area (Å²) >= 11 is 0. The Labute approximate surface area is 198 Å². The predicted molar refractivity (Wildman–Crippen MR) is 130 cm³/mol. The first-order valence-electron chi connectivity index (χ1n) is 11.4. The van der Waals surface area contributed by atoms with Crippen LogP contribution in [-0.2, 0) is 5.60 Å². The number of likely N-dealkylation sites (tertiary alicyclic amines) is 1. The summed E-state index contributed by atoms with van der Waals surface area (Å²) in [5.74, 6) is 0.434. The summed E-state index contributed by atoms with van der Waals surface area (Å²) < 4.78 is 1.94. The molecule has 0 amide bonds. The fraction of sp³-hybridized carbons (Fsp3) is 0.308. The predicted octanol–water partition coefficient (Wildman–Crippen LogP) is 3.67. The van der Waals surface area contributed by atoms with Gasteiger partial charge in [0.2, 0.25) is 5.95 Å². The third-order valence-corrected chi connectivity index (χ3v) is 6.61. The quantitative estimate of drug-likeness (QED) is 0.475. The number of aliphatic hydroxyl groups is 1. The molecule has 34 heavy (non-hydrogen) atoms. The van der Waals surface area contributed by atoms with Gasteiger partial charge in [0, 0.05) is 19.3 Å². The summed E-state index contributed by atoms with van der Waals surface area (Å²) in [4.78, 5) is 15.7. The molecule has 1 saturated heterocycles. The molecular weight excluding hydrogens is 426 g/mol. The molecule has 1 aliphatic rings. The van der Waals surface area contributed by atoms with Gasteiger partial charge in [-0.25, -0.2) is 15.0 Å². The normalized spacial score (nSPS) is 19.3. The van der Waals surface area contributed by atoms with Crippen molar-refractivity contribution in [3.63, 3.8) is 0 Å². The number of pyridine rings is 1. The van der Waals surface area contributed by atoms with E-state index >= 15 is 0 Å². The average Bonchev–Trinajstić information content (AvgIpc) is 3.43. The molecular formula is C26H27N7O. The van der Waals surface area contributed by atoms with Gasteiger partial charge < -0.3 is 15.3 Å².